The van der Waals surface area contributed by atoms with Gasteiger partial charge in [0.25, 0.3) is 0 Å². The molecule has 1 heterocycles. The SMILES string of the molecule is CCCCCCC(=O)N[C@H](CC)Cc1ccc2c(c1)OCCO2. The molecule has 0 bridgehead atoms. The largest absolute Gasteiger partial charge is 0.486 e. The van der Waals surface area contributed by atoms with E-state index in [0.29, 0.717) is 19.6 Å². The number of hydrogen-bond donors (Lipinski definition) is 1. The van der Waals surface area contributed by atoms with E-state index in [1.54, 1.807) is 0 Å². The number of amides is 1. The summed E-state index contributed by atoms with van der Waals surface area (Å²) < 4.78 is 11.2. The minimum atomic E-state index is 0.172. The average Bonchev–Trinajstić information content (AvgIpc) is 2.58. The van der Waals surface area contributed by atoms with Gasteiger partial charge < -0.3 is 14.8 Å². The third kappa shape index (κ3) is 5.77. The molecule has 128 valence electrons. The van der Waals surface area contributed by atoms with Gasteiger partial charge in [-0.25, -0.2) is 0 Å². The van der Waals surface area contributed by atoms with Crippen LogP contribution in [0.2, 0.25) is 0 Å². The molecule has 0 unspecified atom stereocenters. The fourth-order valence-corrected chi connectivity index (χ4v) is 2.81. The quantitative estimate of drug-likeness (QED) is 0.703. The van der Waals surface area contributed by atoms with Gasteiger partial charge in [0.15, 0.2) is 11.5 Å². The summed E-state index contributed by atoms with van der Waals surface area (Å²) in [7, 11) is 0. The molecular weight excluding hydrogens is 290 g/mol. The zero-order valence-corrected chi connectivity index (χ0v) is 14.4. The topological polar surface area (TPSA) is 47.6 Å². The lowest BCUT2D eigenvalue weighted by molar-refractivity contribution is -0.121. The molecule has 1 aromatic carbocycles. The minimum Gasteiger partial charge on any atom is -0.486 e. The molecular formula is C19H29NO3. The minimum absolute atomic E-state index is 0.172. The van der Waals surface area contributed by atoms with Crippen LogP contribution in [0.5, 0.6) is 11.5 Å². The molecule has 0 fully saturated rings. The van der Waals surface area contributed by atoms with Gasteiger partial charge in [0.1, 0.15) is 13.2 Å². The van der Waals surface area contributed by atoms with Crippen molar-refractivity contribution in [2.75, 3.05) is 13.2 Å². The molecule has 1 atom stereocenters. The maximum absolute atomic E-state index is 12.0. The Kier molecular flexibility index (Phi) is 7.24. The Bertz CT molecular complexity index is 501. The first-order valence-electron chi connectivity index (χ1n) is 8.90. The van der Waals surface area contributed by atoms with Crippen LogP contribution in [0, 0.1) is 0 Å². The molecule has 0 aromatic heterocycles. The van der Waals surface area contributed by atoms with Crippen LogP contribution in [0.25, 0.3) is 0 Å². The van der Waals surface area contributed by atoms with Crippen LogP contribution in [0.4, 0.5) is 0 Å². The van der Waals surface area contributed by atoms with Crippen molar-refractivity contribution in [3.05, 3.63) is 23.8 Å². The van der Waals surface area contributed by atoms with E-state index in [9.17, 15) is 4.79 Å². The number of rotatable bonds is 9. The van der Waals surface area contributed by atoms with Gasteiger partial charge >= 0.3 is 0 Å². The summed E-state index contributed by atoms with van der Waals surface area (Å²) in [5.41, 5.74) is 1.17. The van der Waals surface area contributed by atoms with Gasteiger partial charge in [-0.1, -0.05) is 39.2 Å². The first-order chi connectivity index (χ1) is 11.2. The van der Waals surface area contributed by atoms with Crippen molar-refractivity contribution in [2.24, 2.45) is 0 Å². The highest BCUT2D eigenvalue weighted by atomic mass is 16.6. The van der Waals surface area contributed by atoms with Gasteiger partial charge in [-0.2, -0.15) is 0 Å². The highest BCUT2D eigenvalue weighted by Gasteiger charge is 2.15. The van der Waals surface area contributed by atoms with Gasteiger partial charge in [-0.3, -0.25) is 4.79 Å². The molecule has 0 radical (unpaired) electrons. The van der Waals surface area contributed by atoms with E-state index in [-0.39, 0.29) is 11.9 Å². The third-order valence-corrected chi connectivity index (χ3v) is 4.20. The van der Waals surface area contributed by atoms with E-state index in [4.69, 9.17) is 9.47 Å². The van der Waals surface area contributed by atoms with Crippen molar-refractivity contribution in [2.45, 2.75) is 64.8 Å². The Labute approximate surface area is 139 Å². The highest BCUT2D eigenvalue weighted by Crippen LogP contribution is 2.31. The van der Waals surface area contributed by atoms with Crippen molar-refractivity contribution in [1.29, 1.82) is 0 Å². The summed E-state index contributed by atoms with van der Waals surface area (Å²) >= 11 is 0. The fourth-order valence-electron chi connectivity index (χ4n) is 2.81. The maximum atomic E-state index is 12.0. The average molecular weight is 319 g/mol. The Morgan fingerprint density at radius 2 is 1.91 bits per heavy atom. The van der Waals surface area contributed by atoms with Gasteiger partial charge in [0, 0.05) is 12.5 Å². The van der Waals surface area contributed by atoms with Crippen LogP contribution in [0.3, 0.4) is 0 Å². The molecule has 0 saturated heterocycles. The van der Waals surface area contributed by atoms with Crippen LogP contribution < -0.4 is 14.8 Å². The van der Waals surface area contributed by atoms with E-state index >= 15 is 0 Å². The molecule has 1 aliphatic rings. The summed E-state index contributed by atoms with van der Waals surface area (Å²) in [6.07, 6.45) is 6.93. The lowest BCUT2D eigenvalue weighted by Gasteiger charge is -2.21. The van der Waals surface area contributed by atoms with Crippen LogP contribution in [0.15, 0.2) is 18.2 Å². The number of ether oxygens (including phenoxy) is 2. The van der Waals surface area contributed by atoms with Crippen LogP contribution >= 0.6 is 0 Å². The number of nitrogens with one attached hydrogen (secondary N) is 1. The van der Waals surface area contributed by atoms with E-state index in [1.807, 2.05) is 12.1 Å². The second-order valence-electron chi connectivity index (χ2n) is 6.17. The molecule has 0 saturated carbocycles. The predicted molar refractivity (Wildman–Crippen MR) is 92.1 cm³/mol. The van der Waals surface area contributed by atoms with Crippen LogP contribution in [0.1, 0.15) is 57.9 Å². The van der Waals surface area contributed by atoms with Gasteiger partial charge in [-0.05, 0) is 37.0 Å². The lowest BCUT2D eigenvalue weighted by atomic mass is 10.0. The van der Waals surface area contributed by atoms with Crippen molar-refractivity contribution >= 4 is 5.91 Å². The first kappa shape index (κ1) is 17.6. The number of carbonyl (C=O) groups is 1. The Balaban J connectivity index is 1.83. The smallest absolute Gasteiger partial charge is 0.220 e. The summed E-state index contributed by atoms with van der Waals surface area (Å²) in [5.74, 6) is 1.80. The third-order valence-electron chi connectivity index (χ3n) is 4.20. The summed E-state index contributed by atoms with van der Waals surface area (Å²) in [4.78, 5) is 12.0. The molecule has 1 aromatic rings. The molecule has 1 aliphatic heterocycles. The number of fused-ring (bicyclic) bond motifs is 1. The standard InChI is InChI=1S/C19H29NO3/c1-3-5-6-7-8-19(21)20-16(4-2)13-15-9-10-17-18(14-15)23-12-11-22-17/h9-10,14,16H,3-8,11-13H2,1-2H3,(H,20,21)/t16-/m1/s1. The molecule has 1 amide bonds. The van der Waals surface area contributed by atoms with Crippen molar-refractivity contribution < 1.29 is 14.3 Å². The van der Waals surface area contributed by atoms with Crippen LogP contribution in [-0.2, 0) is 11.2 Å². The van der Waals surface area contributed by atoms with Gasteiger partial charge in [0.05, 0.1) is 0 Å². The molecule has 1 N–H and O–H groups in total. The van der Waals surface area contributed by atoms with Crippen molar-refractivity contribution in [3.8, 4) is 11.5 Å². The van der Waals surface area contributed by atoms with Crippen LogP contribution in [-0.4, -0.2) is 25.2 Å². The van der Waals surface area contributed by atoms with E-state index < -0.39 is 0 Å². The summed E-state index contributed by atoms with van der Waals surface area (Å²) in [6, 6.07) is 6.23. The first-order valence-corrected chi connectivity index (χ1v) is 8.90. The summed E-state index contributed by atoms with van der Waals surface area (Å²) in [5, 5.41) is 3.16. The molecule has 4 nitrogen and oxygen atoms in total. The number of hydrogen-bond acceptors (Lipinski definition) is 3. The number of benzene rings is 1. The second kappa shape index (κ2) is 9.43. The molecule has 0 spiro atoms. The predicted octanol–water partition coefficient (Wildman–Crippen LogP) is 3.87. The summed E-state index contributed by atoms with van der Waals surface area (Å²) in [6.45, 7) is 5.50. The Hall–Kier alpha value is -1.71. The van der Waals surface area contributed by atoms with E-state index in [2.05, 4.69) is 25.2 Å². The zero-order valence-electron chi connectivity index (χ0n) is 14.4. The lowest BCUT2D eigenvalue weighted by Crippen LogP contribution is -2.35. The Morgan fingerprint density at radius 1 is 1.13 bits per heavy atom. The monoisotopic (exact) mass is 319 g/mol. The van der Waals surface area contributed by atoms with Crippen molar-refractivity contribution in [3.63, 3.8) is 0 Å². The second-order valence-corrected chi connectivity index (χ2v) is 6.17. The Morgan fingerprint density at radius 3 is 2.65 bits per heavy atom. The van der Waals surface area contributed by atoms with Crippen molar-refractivity contribution in [1.82, 2.24) is 5.32 Å². The molecule has 2 rings (SSSR count). The fraction of sp³-hybridized carbons (Fsp3) is 0.632. The normalized spacial score (nSPS) is 14.3. The molecule has 0 aliphatic carbocycles. The van der Waals surface area contributed by atoms with Gasteiger partial charge in [0.2, 0.25) is 5.91 Å². The number of carbonyl (C=O) groups excluding carboxylic acids is 1. The molecule has 23 heavy (non-hydrogen) atoms. The highest BCUT2D eigenvalue weighted by molar-refractivity contribution is 5.76. The molecule has 4 heteroatoms. The van der Waals surface area contributed by atoms with Gasteiger partial charge in [-0.15, -0.1) is 0 Å². The van der Waals surface area contributed by atoms with E-state index in [1.165, 1.54) is 18.4 Å². The maximum Gasteiger partial charge on any atom is 0.220 e. The zero-order chi connectivity index (χ0) is 16.5. The van der Waals surface area contributed by atoms with E-state index in [0.717, 1.165) is 37.2 Å². The number of unbranched alkanes of at least 4 members (excludes halogenated alkanes) is 3.